The van der Waals surface area contributed by atoms with Crippen molar-refractivity contribution in [2.45, 2.75) is 0 Å². The summed E-state index contributed by atoms with van der Waals surface area (Å²) in [5.74, 6) is -0.937. The third-order valence-electron chi connectivity index (χ3n) is 2.27. The van der Waals surface area contributed by atoms with Crippen molar-refractivity contribution in [1.29, 1.82) is 10.7 Å². The fourth-order valence-corrected chi connectivity index (χ4v) is 1.34. The Bertz CT molecular complexity index is 551. The van der Waals surface area contributed by atoms with Crippen LogP contribution in [0.15, 0.2) is 23.3 Å². The maximum absolute atomic E-state index is 13.7. The number of hydrogen-bond acceptors (Lipinski definition) is 6. The molecule has 0 aliphatic carbocycles. The summed E-state index contributed by atoms with van der Waals surface area (Å²) in [5.41, 5.74) is 7.93. The molecule has 0 unspecified atom stereocenters. The zero-order valence-corrected chi connectivity index (χ0v) is 10.9. The molecule has 0 amide bonds. The van der Waals surface area contributed by atoms with E-state index in [-0.39, 0.29) is 11.4 Å². The molecule has 0 saturated carbocycles. The van der Waals surface area contributed by atoms with E-state index in [1.807, 2.05) is 0 Å². The van der Waals surface area contributed by atoms with Gasteiger partial charge in [0, 0.05) is 13.7 Å². The molecular weight excluding hydrogens is 263 g/mol. The Hall–Kier alpha value is -2.66. The molecule has 5 N–H and O–H groups in total. The summed E-state index contributed by atoms with van der Waals surface area (Å²) in [6.07, 6.45) is 0. The van der Waals surface area contributed by atoms with Crippen molar-refractivity contribution in [3.63, 3.8) is 0 Å². The lowest BCUT2D eigenvalue weighted by Crippen LogP contribution is -2.22. The lowest BCUT2D eigenvalue weighted by molar-refractivity contribution is 0.210. The van der Waals surface area contributed by atoms with Crippen LogP contribution in [-0.2, 0) is 4.74 Å². The van der Waals surface area contributed by atoms with Crippen molar-refractivity contribution >= 4 is 22.9 Å². The molecule has 0 atom stereocenters. The molecule has 1 aromatic carbocycles. The van der Waals surface area contributed by atoms with Crippen LogP contribution in [0, 0.1) is 22.6 Å². The minimum absolute atomic E-state index is 0.203. The molecule has 0 aromatic heterocycles. The van der Waals surface area contributed by atoms with Gasteiger partial charge in [0.05, 0.1) is 18.0 Å². The van der Waals surface area contributed by atoms with Gasteiger partial charge in [-0.3, -0.25) is 10.8 Å². The number of nitrogens with two attached hydrogens (primary N) is 1. The van der Waals surface area contributed by atoms with E-state index in [1.165, 1.54) is 12.1 Å². The van der Waals surface area contributed by atoms with Crippen LogP contribution in [0.3, 0.4) is 0 Å². The number of nitriles is 1. The van der Waals surface area contributed by atoms with E-state index >= 15 is 0 Å². The second-order valence-corrected chi connectivity index (χ2v) is 3.68. The number of hydrogen-bond donors (Lipinski definition) is 4. The molecule has 20 heavy (non-hydrogen) atoms. The normalized spacial score (nSPS) is 10.8. The Morgan fingerprint density at radius 1 is 1.60 bits per heavy atom. The highest BCUT2D eigenvalue weighted by molar-refractivity contribution is 6.45. The van der Waals surface area contributed by atoms with E-state index in [9.17, 15) is 4.39 Å². The number of para-hydroxylation sites is 1. The van der Waals surface area contributed by atoms with Gasteiger partial charge in [0.2, 0.25) is 5.71 Å². The van der Waals surface area contributed by atoms with E-state index in [0.29, 0.717) is 18.8 Å². The van der Waals surface area contributed by atoms with Gasteiger partial charge < -0.3 is 15.8 Å². The smallest absolute Gasteiger partial charge is 0.201 e. The Morgan fingerprint density at radius 3 is 2.95 bits per heavy atom. The zero-order chi connectivity index (χ0) is 15.0. The zero-order valence-electron chi connectivity index (χ0n) is 10.9. The van der Waals surface area contributed by atoms with E-state index in [1.54, 1.807) is 19.2 Å². The second-order valence-electron chi connectivity index (χ2n) is 3.68. The van der Waals surface area contributed by atoms with Gasteiger partial charge in [-0.15, -0.1) is 0 Å². The molecule has 0 heterocycles. The maximum atomic E-state index is 13.7. The molecule has 0 radical (unpaired) electrons. The van der Waals surface area contributed by atoms with Gasteiger partial charge in [0.25, 0.3) is 0 Å². The van der Waals surface area contributed by atoms with Gasteiger partial charge >= 0.3 is 0 Å². The first-order chi connectivity index (χ1) is 9.60. The summed E-state index contributed by atoms with van der Waals surface area (Å²) in [5, 5.41) is 22.4. The Balaban J connectivity index is 2.92. The van der Waals surface area contributed by atoms with Crippen molar-refractivity contribution in [2.75, 3.05) is 31.0 Å². The van der Waals surface area contributed by atoms with Gasteiger partial charge in [0.15, 0.2) is 5.84 Å². The molecule has 0 spiro atoms. The largest absolute Gasteiger partial charge is 0.383 e. The summed E-state index contributed by atoms with van der Waals surface area (Å²) in [6.45, 7) is 0.821. The maximum Gasteiger partial charge on any atom is 0.201 e. The molecule has 7 nitrogen and oxygen atoms in total. The molecule has 0 fully saturated rings. The number of ether oxygens (including phenoxy) is 1. The van der Waals surface area contributed by atoms with Crippen LogP contribution in [0.25, 0.3) is 0 Å². The van der Waals surface area contributed by atoms with Crippen molar-refractivity contribution in [1.82, 2.24) is 0 Å². The highest BCUT2D eigenvalue weighted by atomic mass is 19.1. The number of nitrogens with one attached hydrogen (secondary N) is 3. The Kier molecular flexibility index (Phi) is 5.93. The minimum Gasteiger partial charge on any atom is -0.383 e. The lowest BCUT2D eigenvalue weighted by atomic mass is 10.2. The first-order valence-corrected chi connectivity index (χ1v) is 5.69. The van der Waals surface area contributed by atoms with Gasteiger partial charge in [-0.1, -0.05) is 6.07 Å². The third-order valence-corrected chi connectivity index (χ3v) is 2.27. The molecule has 106 valence electrons. The van der Waals surface area contributed by atoms with Crippen molar-refractivity contribution < 1.29 is 9.13 Å². The first-order valence-electron chi connectivity index (χ1n) is 5.69. The van der Waals surface area contributed by atoms with E-state index in [4.69, 9.17) is 21.1 Å². The summed E-state index contributed by atoms with van der Waals surface area (Å²) in [4.78, 5) is 0. The van der Waals surface area contributed by atoms with Gasteiger partial charge in [-0.05, 0) is 12.1 Å². The van der Waals surface area contributed by atoms with Crippen LogP contribution >= 0.6 is 0 Å². The highest BCUT2D eigenvalue weighted by Crippen LogP contribution is 2.24. The van der Waals surface area contributed by atoms with Crippen LogP contribution in [-0.4, -0.2) is 31.8 Å². The molecule has 8 heteroatoms. The first kappa shape index (κ1) is 15.4. The lowest BCUT2D eigenvalue weighted by Gasteiger charge is -2.12. The Labute approximate surface area is 115 Å². The number of halogens is 1. The molecule has 1 rings (SSSR count). The molecular formula is C12H15FN6O. The number of amidine groups is 1. The standard InChI is InChI=1S/C12H15FN6O/c1-20-6-5-17-11-8(13)3-2-4-9(11)18-19-10(7-14)12(15)16/h2-4,17-18H,5-6H2,1H3,(H3,15,16)/b19-10+. The fourth-order valence-electron chi connectivity index (χ4n) is 1.34. The topological polar surface area (TPSA) is 119 Å². The number of nitrogens with zero attached hydrogens (tertiary/aromatic N) is 2. The predicted molar refractivity (Wildman–Crippen MR) is 75.4 cm³/mol. The molecule has 0 aliphatic heterocycles. The molecule has 1 aromatic rings. The number of rotatable bonds is 7. The number of methoxy groups -OCH3 is 1. The Morgan fingerprint density at radius 2 is 2.35 bits per heavy atom. The minimum atomic E-state index is -0.470. The van der Waals surface area contributed by atoms with Crippen molar-refractivity contribution in [3.8, 4) is 6.07 Å². The predicted octanol–water partition coefficient (Wildman–Crippen LogP) is 1.11. The molecule has 0 bridgehead atoms. The molecule has 0 saturated heterocycles. The van der Waals surface area contributed by atoms with E-state index in [0.717, 1.165) is 0 Å². The van der Waals surface area contributed by atoms with Crippen LogP contribution in [0.1, 0.15) is 0 Å². The summed E-state index contributed by atoms with van der Waals surface area (Å²) < 4.78 is 18.6. The van der Waals surface area contributed by atoms with Gasteiger partial charge in [0.1, 0.15) is 11.9 Å². The average Bonchev–Trinajstić information content (AvgIpc) is 2.42. The quantitative estimate of drug-likeness (QED) is 0.258. The van der Waals surface area contributed by atoms with Crippen LogP contribution in [0.4, 0.5) is 15.8 Å². The second kappa shape index (κ2) is 7.70. The van der Waals surface area contributed by atoms with Crippen molar-refractivity contribution in [3.05, 3.63) is 24.0 Å². The number of anilines is 2. The van der Waals surface area contributed by atoms with E-state index in [2.05, 4.69) is 15.8 Å². The highest BCUT2D eigenvalue weighted by Gasteiger charge is 2.08. The molecule has 0 aliphatic rings. The summed E-state index contributed by atoms with van der Waals surface area (Å²) in [6, 6.07) is 6.03. The summed E-state index contributed by atoms with van der Waals surface area (Å²) in [7, 11) is 1.54. The van der Waals surface area contributed by atoms with Crippen LogP contribution < -0.4 is 16.5 Å². The number of benzene rings is 1. The monoisotopic (exact) mass is 278 g/mol. The number of hydrazone groups is 1. The van der Waals surface area contributed by atoms with Gasteiger partial charge in [-0.25, -0.2) is 4.39 Å². The fraction of sp³-hybridized carbons (Fsp3) is 0.250. The van der Waals surface area contributed by atoms with Crippen molar-refractivity contribution in [2.24, 2.45) is 10.8 Å². The van der Waals surface area contributed by atoms with Crippen LogP contribution in [0.5, 0.6) is 0 Å². The van der Waals surface area contributed by atoms with E-state index < -0.39 is 11.7 Å². The third kappa shape index (κ3) is 4.22. The SMILES string of the molecule is COCCNc1c(F)cccc1N/N=C(\C#N)C(=N)N. The van der Waals surface area contributed by atoms with Gasteiger partial charge in [-0.2, -0.15) is 10.4 Å². The average molecular weight is 278 g/mol. The van der Waals surface area contributed by atoms with Crippen LogP contribution in [0.2, 0.25) is 0 Å². The summed E-state index contributed by atoms with van der Waals surface area (Å²) >= 11 is 0.